The fourth-order valence-electron chi connectivity index (χ4n) is 0.153. The van der Waals surface area contributed by atoms with Gasteiger partial charge in [-0.05, 0) is 6.92 Å². The molecule has 0 saturated heterocycles. The number of hydrogen-bond acceptors (Lipinski definition) is 3. The predicted octanol–water partition coefficient (Wildman–Crippen LogP) is 0.506. The van der Waals surface area contributed by atoms with Crippen LogP contribution in [0.4, 0.5) is 4.39 Å². The smallest absolute Gasteiger partial charge is 0.381 e. The van der Waals surface area contributed by atoms with E-state index >= 15 is 0 Å². The largest absolute Gasteiger partial charge is 0.462 e. The minimum atomic E-state index is -3.25. The van der Waals surface area contributed by atoms with Crippen LogP contribution >= 0.6 is 11.6 Å². The van der Waals surface area contributed by atoms with E-state index < -0.39 is 16.3 Å². The molecule has 0 saturated carbocycles. The lowest BCUT2D eigenvalue weighted by atomic mass is 10.4. The summed E-state index contributed by atoms with van der Waals surface area (Å²) in [5, 5.41) is 14.7. The molecule has 0 amide bonds. The third-order valence-corrected chi connectivity index (χ3v) is 1.20. The molecule has 0 aromatic rings. The molecule has 0 radical (unpaired) electrons. The number of halogens is 2. The number of alkyl halides is 2. The summed E-state index contributed by atoms with van der Waals surface area (Å²) in [5.74, 6) is 0. The molecular weight excluding hydrogens is 152 g/mol. The highest BCUT2D eigenvalue weighted by molar-refractivity contribution is 6.21. The molecule has 0 bridgehead atoms. The Kier molecular flexibility index (Phi) is 2.33. The molecular formula is C3H5ClFNO3. The molecule has 2 atom stereocenters. The summed E-state index contributed by atoms with van der Waals surface area (Å²) in [5.41, 5.74) is 0. The van der Waals surface area contributed by atoms with Crippen molar-refractivity contribution in [1.29, 1.82) is 0 Å². The molecule has 0 rings (SSSR count). The van der Waals surface area contributed by atoms with Crippen LogP contribution < -0.4 is 0 Å². The SMILES string of the molecule is CC(O)C(F)(Cl)[N+](=O)[O-]. The molecule has 2 unspecified atom stereocenters. The van der Waals surface area contributed by atoms with Crippen LogP contribution in [0.5, 0.6) is 0 Å². The first kappa shape index (κ1) is 8.58. The Hall–Kier alpha value is -0.420. The molecule has 4 nitrogen and oxygen atoms in total. The Labute approximate surface area is 55.4 Å². The van der Waals surface area contributed by atoms with Gasteiger partial charge in [0.25, 0.3) is 0 Å². The zero-order valence-corrected chi connectivity index (χ0v) is 5.30. The molecule has 0 spiro atoms. The Bertz CT molecular complexity index is 126. The van der Waals surface area contributed by atoms with E-state index in [1.54, 1.807) is 0 Å². The van der Waals surface area contributed by atoms with Crippen LogP contribution in [-0.2, 0) is 0 Å². The summed E-state index contributed by atoms with van der Waals surface area (Å²) in [6.07, 6.45) is -1.81. The number of aliphatic hydroxyl groups excluding tert-OH is 1. The van der Waals surface area contributed by atoms with Gasteiger partial charge in [0.1, 0.15) is 0 Å². The zero-order valence-electron chi connectivity index (χ0n) is 4.54. The second-order valence-electron chi connectivity index (χ2n) is 1.52. The van der Waals surface area contributed by atoms with E-state index in [0.717, 1.165) is 6.92 Å². The number of hydrogen-bond donors (Lipinski definition) is 1. The highest BCUT2D eigenvalue weighted by atomic mass is 35.5. The van der Waals surface area contributed by atoms with Crippen LogP contribution in [0.1, 0.15) is 6.92 Å². The molecule has 0 fully saturated rings. The van der Waals surface area contributed by atoms with Crippen molar-refractivity contribution in [3.8, 4) is 0 Å². The molecule has 6 heteroatoms. The van der Waals surface area contributed by atoms with Gasteiger partial charge in [0.15, 0.2) is 6.10 Å². The van der Waals surface area contributed by atoms with E-state index in [9.17, 15) is 14.5 Å². The van der Waals surface area contributed by atoms with E-state index in [1.807, 2.05) is 0 Å². The topological polar surface area (TPSA) is 63.4 Å². The summed E-state index contributed by atoms with van der Waals surface area (Å²) in [6.45, 7) is 0.899. The van der Waals surface area contributed by atoms with Crippen molar-refractivity contribution >= 4 is 11.6 Å². The Morgan fingerprint density at radius 3 is 2.33 bits per heavy atom. The first-order chi connectivity index (χ1) is 3.89. The van der Waals surface area contributed by atoms with Gasteiger partial charge < -0.3 is 5.11 Å². The maximum Gasteiger partial charge on any atom is 0.462 e. The van der Waals surface area contributed by atoms with Gasteiger partial charge >= 0.3 is 5.25 Å². The van der Waals surface area contributed by atoms with Crippen LogP contribution in [0, 0.1) is 10.1 Å². The van der Waals surface area contributed by atoms with Gasteiger partial charge in [0.05, 0.1) is 4.92 Å². The molecule has 0 aliphatic carbocycles. The summed E-state index contributed by atoms with van der Waals surface area (Å²) in [4.78, 5) is 8.21. The van der Waals surface area contributed by atoms with E-state index in [1.165, 1.54) is 0 Å². The highest BCUT2D eigenvalue weighted by Gasteiger charge is 2.46. The van der Waals surface area contributed by atoms with Crippen molar-refractivity contribution < 1.29 is 14.4 Å². The fraction of sp³-hybridized carbons (Fsp3) is 1.00. The monoisotopic (exact) mass is 157 g/mol. The van der Waals surface area contributed by atoms with Gasteiger partial charge in [0, 0.05) is 11.6 Å². The molecule has 9 heavy (non-hydrogen) atoms. The average Bonchev–Trinajstić information content (AvgIpc) is 1.65. The van der Waals surface area contributed by atoms with Crippen LogP contribution in [0.25, 0.3) is 0 Å². The average molecular weight is 158 g/mol. The van der Waals surface area contributed by atoms with Crippen molar-refractivity contribution in [3.63, 3.8) is 0 Å². The zero-order chi connectivity index (χ0) is 7.65. The molecule has 0 aromatic heterocycles. The van der Waals surface area contributed by atoms with Crippen molar-refractivity contribution in [2.45, 2.75) is 18.3 Å². The van der Waals surface area contributed by atoms with Gasteiger partial charge in [0.2, 0.25) is 0 Å². The lowest BCUT2D eigenvalue weighted by molar-refractivity contribution is -0.586. The number of nitrogens with zero attached hydrogens (tertiary/aromatic N) is 1. The quantitative estimate of drug-likeness (QED) is 0.275. The maximum absolute atomic E-state index is 12.2. The van der Waals surface area contributed by atoms with E-state index in [4.69, 9.17) is 5.11 Å². The normalized spacial score (nSPS) is 20.4. The summed E-state index contributed by atoms with van der Waals surface area (Å²) in [6, 6.07) is 0. The molecule has 0 aromatic carbocycles. The van der Waals surface area contributed by atoms with E-state index in [2.05, 4.69) is 11.6 Å². The third-order valence-electron chi connectivity index (χ3n) is 0.746. The molecule has 0 heterocycles. The van der Waals surface area contributed by atoms with Crippen LogP contribution in [0.3, 0.4) is 0 Å². The van der Waals surface area contributed by atoms with Gasteiger partial charge in [-0.3, -0.25) is 10.1 Å². The Balaban J connectivity index is 4.19. The van der Waals surface area contributed by atoms with Crippen LogP contribution in [0.2, 0.25) is 0 Å². The highest BCUT2D eigenvalue weighted by Crippen LogP contribution is 2.21. The minimum Gasteiger partial charge on any atom is -0.381 e. The summed E-state index contributed by atoms with van der Waals surface area (Å²) >= 11 is 4.59. The fourth-order valence-corrected chi connectivity index (χ4v) is 0.153. The minimum absolute atomic E-state index is 0.899. The van der Waals surface area contributed by atoms with Crippen LogP contribution in [-0.4, -0.2) is 21.4 Å². The van der Waals surface area contributed by atoms with Crippen molar-refractivity contribution in [2.24, 2.45) is 0 Å². The second kappa shape index (κ2) is 2.45. The predicted molar refractivity (Wildman–Crippen MR) is 28.4 cm³/mol. The lowest BCUT2D eigenvalue weighted by Gasteiger charge is -2.10. The van der Waals surface area contributed by atoms with Gasteiger partial charge in [-0.1, -0.05) is 0 Å². The first-order valence-corrected chi connectivity index (χ1v) is 2.47. The van der Waals surface area contributed by atoms with Gasteiger partial charge in [-0.15, -0.1) is 4.39 Å². The lowest BCUT2D eigenvalue weighted by Crippen LogP contribution is -2.37. The third kappa shape index (κ3) is 1.76. The standard InChI is InChI=1S/C3H5ClFNO3/c1-2(7)3(4,5)6(8)9/h2,7H,1H3. The van der Waals surface area contributed by atoms with E-state index in [-0.39, 0.29) is 0 Å². The van der Waals surface area contributed by atoms with E-state index in [0.29, 0.717) is 0 Å². The second-order valence-corrected chi connectivity index (χ2v) is 2.05. The maximum atomic E-state index is 12.2. The van der Waals surface area contributed by atoms with Crippen LogP contribution in [0.15, 0.2) is 0 Å². The molecule has 0 aliphatic rings. The summed E-state index contributed by atoms with van der Waals surface area (Å²) < 4.78 is 12.2. The Morgan fingerprint density at radius 1 is 2.00 bits per heavy atom. The number of nitro groups is 1. The number of rotatable bonds is 2. The Morgan fingerprint density at radius 2 is 2.33 bits per heavy atom. The molecule has 0 aliphatic heterocycles. The van der Waals surface area contributed by atoms with Crippen molar-refractivity contribution in [3.05, 3.63) is 10.1 Å². The summed E-state index contributed by atoms with van der Waals surface area (Å²) in [7, 11) is 0. The molecule has 1 N–H and O–H groups in total. The van der Waals surface area contributed by atoms with Crippen molar-refractivity contribution in [1.82, 2.24) is 0 Å². The first-order valence-electron chi connectivity index (χ1n) is 2.09. The molecule has 54 valence electrons. The number of aliphatic hydroxyl groups is 1. The van der Waals surface area contributed by atoms with Gasteiger partial charge in [-0.2, -0.15) is 0 Å². The van der Waals surface area contributed by atoms with Crippen molar-refractivity contribution in [2.75, 3.05) is 0 Å². The van der Waals surface area contributed by atoms with Gasteiger partial charge in [-0.25, -0.2) is 0 Å².